The van der Waals surface area contributed by atoms with E-state index >= 15 is 0 Å². The third kappa shape index (κ3) is 50.7. The molecule has 1 fully saturated rings. The third-order valence-corrected chi connectivity index (χ3v) is 15.7. The Morgan fingerprint density at radius 2 is 0.750 bits per heavy atom. The van der Waals surface area contributed by atoms with E-state index < -0.39 is 49.5 Å². The topological polar surface area (TPSA) is 149 Å². The van der Waals surface area contributed by atoms with E-state index in [4.69, 9.17) is 9.47 Å². The lowest BCUT2D eigenvalue weighted by atomic mass is 9.99. The molecule has 0 aromatic heterocycles. The van der Waals surface area contributed by atoms with E-state index in [0.717, 1.165) is 89.9 Å². The van der Waals surface area contributed by atoms with Crippen molar-refractivity contribution in [2.24, 2.45) is 0 Å². The van der Waals surface area contributed by atoms with Crippen LogP contribution in [0.2, 0.25) is 0 Å². The summed E-state index contributed by atoms with van der Waals surface area (Å²) in [4.78, 5) is 13.1. The molecule has 1 aliphatic heterocycles. The monoisotopic (exact) mass is 1170 g/mol. The predicted molar refractivity (Wildman–Crippen MR) is 359 cm³/mol. The fraction of sp³-hybridized carbons (Fsp3) is 0.720. The van der Waals surface area contributed by atoms with Crippen molar-refractivity contribution in [1.82, 2.24) is 5.32 Å². The quantitative estimate of drug-likeness (QED) is 0.0261. The molecule has 9 heteroatoms. The molecule has 0 bridgehead atoms. The number of amides is 1. The average molecular weight is 1170 g/mol. The standard InChI is InChI=1S/C75H129NO8/c1-3-5-7-9-11-13-15-17-19-21-23-25-27-29-31-32-33-34-35-36-37-38-39-41-43-45-47-49-51-53-55-57-59-61-63-65-71(79)76-68(67-83-75-74(82)73(81)72(80)70(66-77)84-75)69(78)64-62-60-58-56-54-52-50-48-46-44-42-40-30-28-26-24-22-20-18-16-14-12-10-8-6-4-2/h5,7,11,13,17,19,23,25,29,31,33-34,36-37,46,48,54,56,62,64,68-70,72-75,77-78,80-82H,3-4,6,8-10,12,14-16,18,20-22,24,26-28,30,32,35,38-45,47,49-53,55,57-61,63,65-67H2,1-2H3,(H,76,79)/b7-5-,13-11-,19-17-,25-23-,31-29-,34-33-,37-36-,48-46+,56-54+,64-62+. The van der Waals surface area contributed by atoms with Gasteiger partial charge in [-0.05, 0) is 103 Å². The van der Waals surface area contributed by atoms with Crippen LogP contribution >= 0.6 is 0 Å². The highest BCUT2D eigenvalue weighted by Crippen LogP contribution is 2.23. The van der Waals surface area contributed by atoms with Crippen molar-refractivity contribution < 1.29 is 39.8 Å². The van der Waals surface area contributed by atoms with E-state index in [1.54, 1.807) is 6.08 Å². The summed E-state index contributed by atoms with van der Waals surface area (Å²) in [5, 5.41) is 54.7. The number of allylic oxidation sites excluding steroid dienone is 19. The lowest BCUT2D eigenvalue weighted by Crippen LogP contribution is -2.60. The highest BCUT2D eigenvalue weighted by atomic mass is 16.7. The number of aliphatic hydroxyl groups is 5. The number of carbonyl (C=O) groups excluding carboxylic acids is 1. The summed E-state index contributed by atoms with van der Waals surface area (Å²) in [6.07, 6.45) is 87.2. The molecule has 482 valence electrons. The first-order chi connectivity index (χ1) is 41.3. The van der Waals surface area contributed by atoms with Crippen LogP contribution in [0.5, 0.6) is 0 Å². The molecular weight excluding hydrogens is 1040 g/mol. The molecule has 6 N–H and O–H groups in total. The summed E-state index contributed by atoms with van der Waals surface area (Å²) >= 11 is 0. The van der Waals surface area contributed by atoms with Crippen LogP contribution in [-0.4, -0.2) is 87.5 Å². The van der Waals surface area contributed by atoms with Gasteiger partial charge in [-0.2, -0.15) is 0 Å². The van der Waals surface area contributed by atoms with Gasteiger partial charge in [0.2, 0.25) is 5.91 Å². The van der Waals surface area contributed by atoms with Gasteiger partial charge in [-0.3, -0.25) is 4.79 Å². The van der Waals surface area contributed by atoms with Crippen LogP contribution in [0.4, 0.5) is 0 Å². The molecule has 9 nitrogen and oxygen atoms in total. The maximum absolute atomic E-state index is 13.1. The van der Waals surface area contributed by atoms with Crippen LogP contribution in [0.15, 0.2) is 122 Å². The number of hydrogen-bond acceptors (Lipinski definition) is 8. The predicted octanol–water partition coefficient (Wildman–Crippen LogP) is 19.0. The number of rotatable bonds is 59. The van der Waals surface area contributed by atoms with Gasteiger partial charge < -0.3 is 40.3 Å². The summed E-state index contributed by atoms with van der Waals surface area (Å²) < 4.78 is 11.3. The van der Waals surface area contributed by atoms with Crippen LogP contribution in [0.1, 0.15) is 290 Å². The van der Waals surface area contributed by atoms with Gasteiger partial charge in [0.05, 0.1) is 25.4 Å². The van der Waals surface area contributed by atoms with Gasteiger partial charge in [-0.25, -0.2) is 0 Å². The summed E-state index contributed by atoms with van der Waals surface area (Å²) in [5.74, 6) is -0.194. The second-order valence-electron chi connectivity index (χ2n) is 23.6. The normalized spacial score (nSPS) is 19.0. The largest absolute Gasteiger partial charge is 0.394 e. The molecule has 0 saturated carbocycles. The number of aliphatic hydroxyl groups excluding tert-OH is 5. The average Bonchev–Trinajstić information content (AvgIpc) is 3.70. The Morgan fingerprint density at radius 3 is 1.14 bits per heavy atom. The summed E-state index contributed by atoms with van der Waals surface area (Å²) in [5.41, 5.74) is 0. The number of hydrogen-bond donors (Lipinski definition) is 6. The Morgan fingerprint density at radius 1 is 0.417 bits per heavy atom. The van der Waals surface area contributed by atoms with E-state index in [0.29, 0.717) is 6.42 Å². The summed E-state index contributed by atoms with van der Waals surface area (Å²) in [7, 11) is 0. The van der Waals surface area contributed by atoms with Crippen molar-refractivity contribution in [2.75, 3.05) is 13.2 Å². The fourth-order valence-corrected chi connectivity index (χ4v) is 10.3. The Kier molecular flexibility index (Phi) is 58.6. The molecule has 1 saturated heterocycles. The first-order valence-electron chi connectivity index (χ1n) is 34.8. The third-order valence-electron chi connectivity index (χ3n) is 15.7. The van der Waals surface area contributed by atoms with Crippen molar-refractivity contribution in [3.8, 4) is 0 Å². The molecule has 0 aliphatic carbocycles. The Labute approximate surface area is 516 Å². The highest BCUT2D eigenvalue weighted by Gasteiger charge is 2.44. The SMILES string of the molecule is CC/C=C\C/C=C\C/C=C\C/C=C\C/C=C\C/C=C\C/C=C\CCCCCCCCCCCCCCCC(=O)NC(COC1OC(CO)C(O)C(O)C1O)C(O)/C=C/CC/C=C/CC/C=C/CCCCCCCCCCCCCCCCCC. The molecule has 0 spiro atoms. The van der Waals surface area contributed by atoms with Gasteiger partial charge in [-0.15, -0.1) is 0 Å². The molecule has 1 amide bonds. The van der Waals surface area contributed by atoms with E-state index in [-0.39, 0.29) is 12.5 Å². The Hall–Kier alpha value is -3.41. The second-order valence-corrected chi connectivity index (χ2v) is 23.6. The molecule has 1 aliphatic rings. The molecule has 7 unspecified atom stereocenters. The zero-order valence-corrected chi connectivity index (χ0v) is 53.9. The van der Waals surface area contributed by atoms with Gasteiger partial charge in [0.1, 0.15) is 24.4 Å². The van der Waals surface area contributed by atoms with E-state index in [2.05, 4.69) is 129 Å². The van der Waals surface area contributed by atoms with Crippen molar-refractivity contribution >= 4 is 5.91 Å². The smallest absolute Gasteiger partial charge is 0.220 e. The number of nitrogens with one attached hydrogen (secondary N) is 1. The minimum atomic E-state index is -1.58. The Bertz CT molecular complexity index is 1740. The van der Waals surface area contributed by atoms with Crippen LogP contribution in [-0.2, 0) is 14.3 Å². The molecule has 84 heavy (non-hydrogen) atoms. The minimum absolute atomic E-state index is 0.194. The first-order valence-corrected chi connectivity index (χ1v) is 34.8. The molecule has 7 atom stereocenters. The van der Waals surface area contributed by atoms with Gasteiger partial charge in [-0.1, -0.05) is 302 Å². The van der Waals surface area contributed by atoms with Gasteiger partial charge in [0, 0.05) is 6.42 Å². The van der Waals surface area contributed by atoms with Crippen molar-refractivity contribution in [1.29, 1.82) is 0 Å². The van der Waals surface area contributed by atoms with Crippen LogP contribution in [0.3, 0.4) is 0 Å². The number of ether oxygens (including phenoxy) is 2. The van der Waals surface area contributed by atoms with Gasteiger partial charge in [0.15, 0.2) is 6.29 Å². The van der Waals surface area contributed by atoms with Crippen molar-refractivity contribution in [3.63, 3.8) is 0 Å². The molecule has 0 aromatic carbocycles. The maximum Gasteiger partial charge on any atom is 0.220 e. The fourth-order valence-electron chi connectivity index (χ4n) is 10.3. The molecular formula is C75H129NO8. The van der Waals surface area contributed by atoms with Crippen molar-refractivity contribution in [3.05, 3.63) is 122 Å². The lowest BCUT2D eigenvalue weighted by Gasteiger charge is -2.40. The van der Waals surface area contributed by atoms with Crippen LogP contribution in [0, 0.1) is 0 Å². The Balaban J connectivity index is 2.18. The molecule has 0 aromatic rings. The summed E-state index contributed by atoms with van der Waals surface area (Å²) in [6, 6.07) is -0.838. The van der Waals surface area contributed by atoms with Crippen LogP contribution < -0.4 is 5.32 Å². The lowest BCUT2D eigenvalue weighted by molar-refractivity contribution is -0.302. The second kappa shape index (κ2) is 62.6. The first kappa shape index (κ1) is 78.6. The van der Waals surface area contributed by atoms with Gasteiger partial charge >= 0.3 is 0 Å². The van der Waals surface area contributed by atoms with E-state index in [1.165, 1.54) is 180 Å². The highest BCUT2D eigenvalue weighted by molar-refractivity contribution is 5.76. The van der Waals surface area contributed by atoms with Crippen LogP contribution in [0.25, 0.3) is 0 Å². The molecule has 1 heterocycles. The van der Waals surface area contributed by atoms with E-state index in [1.807, 2.05) is 6.08 Å². The molecule has 0 radical (unpaired) electrons. The summed E-state index contributed by atoms with van der Waals surface area (Å²) in [6.45, 7) is 3.66. The van der Waals surface area contributed by atoms with Gasteiger partial charge in [0.25, 0.3) is 0 Å². The van der Waals surface area contributed by atoms with Crippen molar-refractivity contribution in [2.45, 2.75) is 333 Å². The minimum Gasteiger partial charge on any atom is -0.394 e. The number of carbonyl (C=O) groups is 1. The molecule has 1 rings (SSSR count). The zero-order valence-electron chi connectivity index (χ0n) is 53.9. The zero-order chi connectivity index (χ0) is 60.7. The number of unbranched alkanes of at least 4 members (excludes halogenated alkanes) is 31. The van der Waals surface area contributed by atoms with E-state index in [9.17, 15) is 30.3 Å². The maximum atomic E-state index is 13.1.